The van der Waals surface area contributed by atoms with Gasteiger partial charge in [-0.05, 0) is 17.7 Å². The molecule has 2 aromatic rings. The molecule has 3 rings (SSSR count). The fourth-order valence-electron chi connectivity index (χ4n) is 2.53. The summed E-state index contributed by atoms with van der Waals surface area (Å²) in [6.45, 7) is 0.134. The van der Waals surface area contributed by atoms with Crippen LogP contribution >= 0.6 is 0 Å². The average molecular weight is 345 g/mol. The average Bonchev–Trinajstić information content (AvgIpc) is 2.57. The van der Waals surface area contributed by atoms with Gasteiger partial charge in [0.2, 0.25) is 0 Å². The van der Waals surface area contributed by atoms with Gasteiger partial charge in [0, 0.05) is 12.6 Å². The Balaban J connectivity index is 2.11. The normalized spacial score (nSPS) is 15.8. The maximum Gasteiger partial charge on any atom is 0.357 e. The van der Waals surface area contributed by atoms with Crippen LogP contribution in [0.25, 0.3) is 5.76 Å². The van der Waals surface area contributed by atoms with Gasteiger partial charge in [-0.3, -0.25) is 4.31 Å². The number of carboxylic acid groups (broad SMARTS) is 1. The molecule has 0 fully saturated rings. The second-order valence-electron chi connectivity index (χ2n) is 5.23. The van der Waals surface area contributed by atoms with E-state index in [1.807, 2.05) is 30.3 Å². The van der Waals surface area contributed by atoms with E-state index in [0.29, 0.717) is 0 Å². The van der Waals surface area contributed by atoms with Crippen molar-refractivity contribution < 1.29 is 23.1 Å². The van der Waals surface area contributed by atoms with Crippen molar-refractivity contribution in [2.24, 2.45) is 0 Å². The summed E-state index contributed by atoms with van der Waals surface area (Å²) in [5.74, 6) is -1.32. The Morgan fingerprint density at radius 3 is 2.38 bits per heavy atom. The van der Waals surface area contributed by atoms with E-state index in [0.717, 1.165) is 9.87 Å². The lowest BCUT2D eigenvalue weighted by molar-refractivity contribution is -0.133. The van der Waals surface area contributed by atoms with Crippen LogP contribution in [0.5, 0.6) is 0 Å². The van der Waals surface area contributed by atoms with Crippen LogP contribution in [-0.2, 0) is 26.2 Å². The zero-order valence-corrected chi connectivity index (χ0v) is 13.7. The molecule has 24 heavy (non-hydrogen) atoms. The van der Waals surface area contributed by atoms with Crippen LogP contribution in [0.1, 0.15) is 11.1 Å². The summed E-state index contributed by atoms with van der Waals surface area (Å²) >= 11 is 0. The maximum absolute atomic E-state index is 12.5. The maximum atomic E-state index is 12.5. The molecule has 0 aromatic heterocycles. The quantitative estimate of drug-likeness (QED) is 0.919. The number of ether oxygens (including phenoxy) is 1. The molecule has 0 amide bonds. The molecule has 2 aromatic carbocycles. The first-order chi connectivity index (χ1) is 11.4. The smallest absolute Gasteiger partial charge is 0.357 e. The largest absolute Gasteiger partial charge is 0.486 e. The zero-order chi connectivity index (χ0) is 17.3. The highest BCUT2D eigenvalue weighted by Crippen LogP contribution is 2.36. The Kier molecular flexibility index (Phi) is 4.02. The Bertz CT molecular complexity index is 919. The van der Waals surface area contributed by atoms with Crippen molar-refractivity contribution in [1.29, 1.82) is 0 Å². The molecule has 6 nitrogen and oxygen atoms in total. The lowest BCUT2D eigenvalue weighted by Crippen LogP contribution is -2.35. The molecule has 0 saturated carbocycles. The number of sulfonamides is 1. The highest BCUT2D eigenvalue weighted by Gasteiger charge is 2.38. The standard InChI is InChI=1S/C17H15NO5S/c1-18-15(17(19)20)16(23-11-12-7-3-2-4-8-12)13-9-5-6-10-14(13)24(18,21)22/h2-10H,11H2,1H3,(H,19,20). The van der Waals surface area contributed by atoms with Crippen molar-refractivity contribution in [2.75, 3.05) is 7.05 Å². The molecule has 0 unspecified atom stereocenters. The van der Waals surface area contributed by atoms with E-state index < -0.39 is 21.7 Å². The number of hydrogen-bond donors (Lipinski definition) is 1. The topological polar surface area (TPSA) is 83.9 Å². The molecule has 1 N–H and O–H groups in total. The van der Waals surface area contributed by atoms with Crippen molar-refractivity contribution in [1.82, 2.24) is 4.31 Å². The Hall–Kier alpha value is -2.80. The van der Waals surface area contributed by atoms with Crippen molar-refractivity contribution in [3.8, 4) is 0 Å². The lowest BCUT2D eigenvalue weighted by Gasteiger charge is -2.29. The summed E-state index contributed by atoms with van der Waals surface area (Å²) in [5.41, 5.74) is 0.705. The van der Waals surface area contributed by atoms with E-state index in [9.17, 15) is 18.3 Å². The van der Waals surface area contributed by atoms with Gasteiger partial charge < -0.3 is 9.84 Å². The summed E-state index contributed by atoms with van der Waals surface area (Å²) in [6, 6.07) is 15.5. The van der Waals surface area contributed by atoms with Crippen LogP contribution in [0.15, 0.2) is 65.2 Å². The Labute approximate surface area is 139 Å². The summed E-state index contributed by atoms with van der Waals surface area (Å²) in [5, 5.41) is 9.49. The fourth-order valence-corrected chi connectivity index (χ4v) is 3.91. The van der Waals surface area contributed by atoms with Gasteiger partial charge in [0.25, 0.3) is 10.0 Å². The Morgan fingerprint density at radius 1 is 1.08 bits per heavy atom. The molecule has 0 atom stereocenters. The molecule has 124 valence electrons. The summed E-state index contributed by atoms with van der Waals surface area (Å²) in [4.78, 5) is 11.7. The minimum atomic E-state index is -3.92. The van der Waals surface area contributed by atoms with Gasteiger partial charge in [-0.1, -0.05) is 42.5 Å². The number of carbonyl (C=O) groups is 1. The second-order valence-corrected chi connectivity index (χ2v) is 7.16. The number of carboxylic acids is 1. The molecule has 1 heterocycles. The molecule has 1 aliphatic rings. The van der Waals surface area contributed by atoms with Crippen LogP contribution in [-0.4, -0.2) is 30.8 Å². The highest BCUT2D eigenvalue weighted by atomic mass is 32.2. The predicted octanol–water partition coefficient (Wildman–Crippen LogP) is 2.29. The van der Waals surface area contributed by atoms with Gasteiger partial charge in [0.05, 0.1) is 4.90 Å². The Morgan fingerprint density at radius 2 is 1.71 bits per heavy atom. The second kappa shape index (κ2) is 6.01. The number of nitrogens with zero attached hydrogens (tertiary/aromatic N) is 1. The van der Waals surface area contributed by atoms with Gasteiger partial charge in [0.1, 0.15) is 6.61 Å². The van der Waals surface area contributed by atoms with Crippen LogP contribution < -0.4 is 0 Å². The minimum Gasteiger partial charge on any atom is -0.486 e. The third kappa shape index (κ3) is 2.63. The van der Waals surface area contributed by atoms with Crippen molar-refractivity contribution in [3.63, 3.8) is 0 Å². The molecular formula is C17H15NO5S. The van der Waals surface area contributed by atoms with Crippen LogP contribution in [0.3, 0.4) is 0 Å². The SMILES string of the molecule is CN1C(C(=O)O)=C(OCc2ccccc2)c2ccccc2S1(=O)=O. The van der Waals surface area contributed by atoms with E-state index in [2.05, 4.69) is 0 Å². The van der Waals surface area contributed by atoms with Crippen LogP contribution in [0, 0.1) is 0 Å². The van der Waals surface area contributed by atoms with Gasteiger partial charge in [-0.25, -0.2) is 13.2 Å². The van der Waals surface area contributed by atoms with Crippen molar-refractivity contribution in [3.05, 3.63) is 71.4 Å². The fraction of sp³-hybridized carbons (Fsp3) is 0.118. The predicted molar refractivity (Wildman–Crippen MR) is 87.2 cm³/mol. The number of benzene rings is 2. The monoisotopic (exact) mass is 345 g/mol. The van der Waals surface area contributed by atoms with E-state index in [4.69, 9.17) is 4.74 Å². The number of likely N-dealkylation sites (N-methyl/N-ethyl adjacent to an activating group) is 1. The van der Waals surface area contributed by atoms with E-state index in [1.165, 1.54) is 13.1 Å². The van der Waals surface area contributed by atoms with Crippen LogP contribution in [0.4, 0.5) is 0 Å². The number of rotatable bonds is 4. The molecule has 0 aliphatic carbocycles. The molecule has 7 heteroatoms. The molecule has 0 radical (unpaired) electrons. The zero-order valence-electron chi connectivity index (χ0n) is 12.8. The van der Waals surface area contributed by atoms with Gasteiger partial charge >= 0.3 is 5.97 Å². The van der Waals surface area contributed by atoms with Gasteiger partial charge in [-0.2, -0.15) is 0 Å². The van der Waals surface area contributed by atoms with Gasteiger partial charge in [0.15, 0.2) is 11.5 Å². The highest BCUT2D eigenvalue weighted by molar-refractivity contribution is 7.89. The summed E-state index contributed by atoms with van der Waals surface area (Å²) < 4.78 is 31.5. The van der Waals surface area contributed by atoms with E-state index >= 15 is 0 Å². The first-order valence-corrected chi connectivity index (χ1v) is 8.59. The van der Waals surface area contributed by atoms with Crippen molar-refractivity contribution >= 4 is 21.8 Å². The minimum absolute atomic E-state index is 0.0283. The molecule has 0 spiro atoms. The number of aliphatic carboxylic acids is 1. The number of fused-ring (bicyclic) bond motifs is 1. The number of hydrogen-bond acceptors (Lipinski definition) is 4. The molecule has 1 aliphatic heterocycles. The summed E-state index contributed by atoms with van der Waals surface area (Å²) in [6.07, 6.45) is 0. The van der Waals surface area contributed by atoms with Gasteiger partial charge in [-0.15, -0.1) is 0 Å². The first kappa shape index (κ1) is 16.1. The van der Waals surface area contributed by atoms with E-state index in [-0.39, 0.29) is 22.8 Å². The third-order valence-electron chi connectivity index (χ3n) is 3.73. The van der Waals surface area contributed by atoms with E-state index in [1.54, 1.807) is 18.2 Å². The van der Waals surface area contributed by atoms with Crippen molar-refractivity contribution in [2.45, 2.75) is 11.5 Å². The first-order valence-electron chi connectivity index (χ1n) is 7.15. The summed E-state index contributed by atoms with van der Waals surface area (Å²) in [7, 11) is -2.71. The molecule has 0 bridgehead atoms. The molecular weight excluding hydrogens is 330 g/mol. The third-order valence-corrected chi connectivity index (χ3v) is 5.54. The van der Waals surface area contributed by atoms with Crippen LogP contribution in [0.2, 0.25) is 0 Å². The molecule has 0 saturated heterocycles. The lowest BCUT2D eigenvalue weighted by atomic mass is 10.1.